The molecule has 0 saturated heterocycles. The van der Waals surface area contributed by atoms with Gasteiger partial charge in [0.05, 0.1) is 11.1 Å². The fraction of sp³-hybridized carbons (Fsp3) is 0.389. The maximum atomic E-state index is 12.6. The van der Waals surface area contributed by atoms with Crippen molar-refractivity contribution in [1.29, 1.82) is 0 Å². The molecule has 22 heavy (non-hydrogen) atoms. The molecular weight excluding hydrogens is 278 g/mol. The van der Waals surface area contributed by atoms with Gasteiger partial charge < -0.3 is 5.11 Å². The molecule has 1 saturated carbocycles. The molecule has 1 spiro atoms. The van der Waals surface area contributed by atoms with Crippen LogP contribution in [-0.4, -0.2) is 22.5 Å². The Balaban J connectivity index is 1.92. The van der Waals surface area contributed by atoms with E-state index in [1.807, 2.05) is 6.07 Å². The van der Waals surface area contributed by atoms with Gasteiger partial charge in [0.15, 0.2) is 5.76 Å². The summed E-state index contributed by atoms with van der Waals surface area (Å²) in [6.07, 6.45) is 3.16. The molecule has 1 heterocycles. The van der Waals surface area contributed by atoms with Crippen LogP contribution in [0.2, 0.25) is 0 Å². The van der Waals surface area contributed by atoms with Crippen LogP contribution in [0.25, 0.3) is 0 Å². The lowest BCUT2D eigenvalue weighted by molar-refractivity contribution is -0.126. The highest BCUT2D eigenvalue weighted by Gasteiger charge is 2.54. The van der Waals surface area contributed by atoms with E-state index in [0.717, 1.165) is 12.8 Å². The molecule has 1 aromatic carbocycles. The van der Waals surface area contributed by atoms with Gasteiger partial charge in [0.2, 0.25) is 5.78 Å². The number of allylic oxidation sites excluding steroid dienone is 1. The standard InChI is InChI=1S/C18H17NO3/c1-10-6-8-18(9-7-10)13-14(19-17(18)22)11-4-2-3-5-12(11)15(20)16(13)21/h2-5,10,21H,6-9H2,1H3. The summed E-state index contributed by atoms with van der Waals surface area (Å²) in [4.78, 5) is 29.4. The number of hydrogen-bond acceptors (Lipinski definition) is 3. The van der Waals surface area contributed by atoms with Crippen LogP contribution in [0.3, 0.4) is 0 Å². The van der Waals surface area contributed by atoms with Crippen molar-refractivity contribution >= 4 is 17.4 Å². The molecule has 0 bridgehead atoms. The summed E-state index contributed by atoms with van der Waals surface area (Å²) < 4.78 is 0. The van der Waals surface area contributed by atoms with Crippen LogP contribution in [0, 0.1) is 11.3 Å². The molecule has 112 valence electrons. The zero-order valence-electron chi connectivity index (χ0n) is 12.4. The van der Waals surface area contributed by atoms with E-state index in [1.54, 1.807) is 18.2 Å². The van der Waals surface area contributed by atoms with Gasteiger partial charge in [0.1, 0.15) is 0 Å². The minimum Gasteiger partial charge on any atom is -0.504 e. The minimum absolute atomic E-state index is 0.194. The Morgan fingerprint density at radius 2 is 1.77 bits per heavy atom. The van der Waals surface area contributed by atoms with Crippen molar-refractivity contribution in [3.05, 3.63) is 46.7 Å². The fourth-order valence-corrected chi connectivity index (χ4v) is 3.98. The number of nitrogens with zero attached hydrogens (tertiary/aromatic N) is 1. The number of hydrogen-bond donors (Lipinski definition) is 1. The number of rotatable bonds is 0. The van der Waals surface area contributed by atoms with Gasteiger partial charge in [-0.2, -0.15) is 0 Å². The lowest BCUT2D eigenvalue weighted by Crippen LogP contribution is -2.37. The zero-order chi connectivity index (χ0) is 15.5. The second kappa shape index (κ2) is 4.38. The number of amides is 1. The third-order valence-electron chi connectivity index (χ3n) is 5.34. The van der Waals surface area contributed by atoms with Gasteiger partial charge in [-0.25, -0.2) is 4.99 Å². The monoisotopic (exact) mass is 295 g/mol. The Labute approximate surface area is 128 Å². The summed E-state index contributed by atoms with van der Waals surface area (Å²) in [6, 6.07) is 7.05. The second-order valence-electron chi connectivity index (χ2n) is 6.63. The van der Waals surface area contributed by atoms with Crippen LogP contribution >= 0.6 is 0 Å². The van der Waals surface area contributed by atoms with Gasteiger partial charge in [-0.1, -0.05) is 31.2 Å². The van der Waals surface area contributed by atoms with Crippen LogP contribution < -0.4 is 0 Å². The van der Waals surface area contributed by atoms with Gasteiger partial charge in [-0.15, -0.1) is 0 Å². The highest BCUT2D eigenvalue weighted by Crippen LogP contribution is 2.52. The summed E-state index contributed by atoms with van der Waals surface area (Å²) in [6.45, 7) is 2.17. The van der Waals surface area contributed by atoms with Gasteiger partial charge >= 0.3 is 0 Å². The Hall–Kier alpha value is -2.23. The summed E-state index contributed by atoms with van der Waals surface area (Å²) in [5.41, 5.74) is 1.30. The van der Waals surface area contributed by atoms with Crippen molar-refractivity contribution in [2.75, 3.05) is 0 Å². The maximum absolute atomic E-state index is 12.6. The van der Waals surface area contributed by atoms with E-state index in [2.05, 4.69) is 11.9 Å². The van der Waals surface area contributed by atoms with Crippen molar-refractivity contribution < 1.29 is 14.7 Å². The molecule has 4 nitrogen and oxygen atoms in total. The van der Waals surface area contributed by atoms with E-state index in [0.29, 0.717) is 41.2 Å². The quantitative estimate of drug-likeness (QED) is 0.799. The normalized spacial score (nSPS) is 30.4. The first-order chi connectivity index (χ1) is 10.5. The van der Waals surface area contributed by atoms with Crippen LogP contribution in [0.5, 0.6) is 0 Å². The topological polar surface area (TPSA) is 66.7 Å². The second-order valence-corrected chi connectivity index (χ2v) is 6.63. The lowest BCUT2D eigenvalue weighted by Gasteiger charge is -2.36. The minimum atomic E-state index is -0.783. The van der Waals surface area contributed by atoms with E-state index in [1.165, 1.54) is 0 Å². The first-order valence-corrected chi connectivity index (χ1v) is 7.76. The molecule has 1 fully saturated rings. The number of benzene rings is 1. The van der Waals surface area contributed by atoms with Crippen LogP contribution in [-0.2, 0) is 4.79 Å². The summed E-state index contributed by atoms with van der Waals surface area (Å²) >= 11 is 0. The van der Waals surface area contributed by atoms with E-state index in [-0.39, 0.29) is 11.7 Å². The summed E-state index contributed by atoms with van der Waals surface area (Å²) in [7, 11) is 0. The number of carbonyl (C=O) groups is 2. The number of aliphatic hydroxyl groups excluding tert-OH is 1. The fourth-order valence-electron chi connectivity index (χ4n) is 3.98. The smallest absolute Gasteiger partial charge is 0.257 e. The molecule has 2 aliphatic carbocycles. The molecule has 0 radical (unpaired) electrons. The summed E-state index contributed by atoms with van der Waals surface area (Å²) in [5.74, 6) is -0.299. The molecule has 0 atom stereocenters. The zero-order valence-corrected chi connectivity index (χ0v) is 12.4. The van der Waals surface area contributed by atoms with E-state index in [4.69, 9.17) is 0 Å². The Bertz CT molecular complexity index is 764. The number of ketones is 1. The number of Topliss-reactive ketones (excluding diaryl/α,β-unsaturated/α-hetero) is 1. The first-order valence-electron chi connectivity index (χ1n) is 7.76. The average Bonchev–Trinajstić information content (AvgIpc) is 2.81. The van der Waals surface area contributed by atoms with Crippen molar-refractivity contribution in [2.45, 2.75) is 32.6 Å². The number of aliphatic hydroxyl groups is 1. The number of carbonyl (C=O) groups excluding carboxylic acids is 2. The number of aliphatic imine (C=N–C) groups is 1. The lowest BCUT2D eigenvalue weighted by atomic mass is 9.64. The molecule has 1 amide bonds. The highest BCUT2D eigenvalue weighted by atomic mass is 16.3. The Kier molecular flexibility index (Phi) is 2.68. The van der Waals surface area contributed by atoms with Gasteiger partial charge in [-0.05, 0) is 31.6 Å². The van der Waals surface area contributed by atoms with Crippen molar-refractivity contribution in [3.8, 4) is 0 Å². The maximum Gasteiger partial charge on any atom is 0.257 e. The molecule has 0 aromatic heterocycles. The predicted octanol–water partition coefficient (Wildman–Crippen LogP) is 3.22. The molecule has 1 aromatic rings. The molecule has 1 N–H and O–H groups in total. The Morgan fingerprint density at radius 3 is 2.45 bits per heavy atom. The van der Waals surface area contributed by atoms with E-state index >= 15 is 0 Å². The average molecular weight is 295 g/mol. The molecular formula is C18H17NO3. The highest BCUT2D eigenvalue weighted by molar-refractivity contribution is 6.34. The van der Waals surface area contributed by atoms with Gasteiger partial charge in [0, 0.05) is 16.7 Å². The van der Waals surface area contributed by atoms with Crippen molar-refractivity contribution in [2.24, 2.45) is 16.3 Å². The first kappa shape index (κ1) is 13.4. The molecule has 4 heteroatoms. The third kappa shape index (κ3) is 1.55. The largest absolute Gasteiger partial charge is 0.504 e. The van der Waals surface area contributed by atoms with Crippen LogP contribution in [0.4, 0.5) is 0 Å². The van der Waals surface area contributed by atoms with E-state index in [9.17, 15) is 14.7 Å². The third-order valence-corrected chi connectivity index (χ3v) is 5.34. The van der Waals surface area contributed by atoms with Crippen molar-refractivity contribution in [3.63, 3.8) is 0 Å². The summed E-state index contributed by atoms with van der Waals surface area (Å²) in [5, 5.41) is 10.5. The van der Waals surface area contributed by atoms with Crippen molar-refractivity contribution in [1.82, 2.24) is 0 Å². The van der Waals surface area contributed by atoms with Gasteiger partial charge in [0.25, 0.3) is 5.91 Å². The molecule has 3 aliphatic rings. The van der Waals surface area contributed by atoms with Gasteiger partial charge in [-0.3, -0.25) is 9.59 Å². The number of fused-ring (bicyclic) bond motifs is 4. The van der Waals surface area contributed by atoms with Crippen LogP contribution in [0.15, 0.2) is 40.6 Å². The predicted molar refractivity (Wildman–Crippen MR) is 82.0 cm³/mol. The Morgan fingerprint density at radius 1 is 1.14 bits per heavy atom. The van der Waals surface area contributed by atoms with E-state index < -0.39 is 11.2 Å². The SMILES string of the molecule is CC1CCC2(CC1)C(=O)N=C1C2=C(O)C(=O)c2ccccc21. The molecule has 4 rings (SSSR count). The molecule has 1 aliphatic heterocycles. The van der Waals surface area contributed by atoms with Crippen LogP contribution in [0.1, 0.15) is 48.5 Å². The molecule has 0 unspecified atom stereocenters.